The summed E-state index contributed by atoms with van der Waals surface area (Å²) in [6.07, 6.45) is 2.54. The van der Waals surface area contributed by atoms with E-state index in [4.69, 9.17) is 0 Å². The SMILES string of the molecule is CCCCN(C)Cc1ccccc1CNC(C)(C)C. The number of nitrogens with one attached hydrogen (secondary N) is 1. The lowest BCUT2D eigenvalue weighted by Gasteiger charge is -2.23. The predicted octanol–water partition coefficient (Wildman–Crippen LogP) is 3.81. The van der Waals surface area contributed by atoms with Gasteiger partial charge in [0, 0.05) is 18.6 Å². The highest BCUT2D eigenvalue weighted by Gasteiger charge is 2.10. The fraction of sp³-hybridized carbons (Fsp3) is 0.647. The molecule has 0 atom stereocenters. The summed E-state index contributed by atoms with van der Waals surface area (Å²) in [6.45, 7) is 12.0. The zero-order valence-corrected chi connectivity index (χ0v) is 13.3. The van der Waals surface area contributed by atoms with Crippen molar-refractivity contribution in [3.63, 3.8) is 0 Å². The van der Waals surface area contributed by atoms with E-state index in [1.165, 1.54) is 30.5 Å². The molecule has 0 aromatic heterocycles. The molecule has 1 aromatic carbocycles. The molecule has 0 aliphatic rings. The third-order valence-electron chi connectivity index (χ3n) is 3.26. The van der Waals surface area contributed by atoms with Crippen LogP contribution in [-0.4, -0.2) is 24.0 Å². The van der Waals surface area contributed by atoms with Crippen LogP contribution >= 0.6 is 0 Å². The van der Waals surface area contributed by atoms with Crippen molar-refractivity contribution < 1.29 is 0 Å². The van der Waals surface area contributed by atoms with Gasteiger partial charge in [0.1, 0.15) is 0 Å². The molecule has 19 heavy (non-hydrogen) atoms. The minimum atomic E-state index is 0.168. The van der Waals surface area contributed by atoms with E-state index in [0.29, 0.717) is 0 Å². The van der Waals surface area contributed by atoms with Gasteiger partial charge < -0.3 is 10.2 Å². The first-order chi connectivity index (χ1) is 8.92. The molecule has 2 nitrogen and oxygen atoms in total. The minimum absolute atomic E-state index is 0.168. The summed E-state index contributed by atoms with van der Waals surface area (Å²) in [4.78, 5) is 2.42. The Morgan fingerprint density at radius 1 is 1.11 bits per heavy atom. The Hall–Kier alpha value is -0.860. The van der Waals surface area contributed by atoms with Crippen LogP contribution in [-0.2, 0) is 13.1 Å². The third-order valence-corrected chi connectivity index (χ3v) is 3.26. The molecule has 1 aromatic rings. The Kier molecular flexibility index (Phi) is 6.53. The molecule has 0 aliphatic carbocycles. The van der Waals surface area contributed by atoms with Gasteiger partial charge in [-0.2, -0.15) is 0 Å². The van der Waals surface area contributed by atoms with E-state index < -0.39 is 0 Å². The molecular weight excluding hydrogens is 232 g/mol. The minimum Gasteiger partial charge on any atom is -0.308 e. The van der Waals surface area contributed by atoms with Gasteiger partial charge in [-0.25, -0.2) is 0 Å². The standard InChI is InChI=1S/C17H30N2/c1-6-7-12-19(5)14-16-11-9-8-10-15(16)13-18-17(2,3)4/h8-11,18H,6-7,12-14H2,1-5H3. The fourth-order valence-corrected chi connectivity index (χ4v) is 2.04. The van der Waals surface area contributed by atoms with Gasteiger partial charge in [-0.3, -0.25) is 0 Å². The molecular formula is C17H30N2. The molecule has 0 fully saturated rings. The smallest absolute Gasteiger partial charge is 0.0233 e. The van der Waals surface area contributed by atoms with Gasteiger partial charge >= 0.3 is 0 Å². The first kappa shape index (κ1) is 16.2. The van der Waals surface area contributed by atoms with Crippen LogP contribution in [0.1, 0.15) is 51.7 Å². The van der Waals surface area contributed by atoms with Crippen LogP contribution in [0.5, 0.6) is 0 Å². The van der Waals surface area contributed by atoms with E-state index in [2.05, 4.69) is 69.2 Å². The van der Waals surface area contributed by atoms with Crippen LogP contribution in [0.15, 0.2) is 24.3 Å². The molecule has 0 radical (unpaired) electrons. The van der Waals surface area contributed by atoms with Crippen molar-refractivity contribution in [3.05, 3.63) is 35.4 Å². The highest BCUT2D eigenvalue weighted by Crippen LogP contribution is 2.13. The Morgan fingerprint density at radius 3 is 2.32 bits per heavy atom. The Balaban J connectivity index is 2.62. The van der Waals surface area contributed by atoms with Crippen molar-refractivity contribution in [1.82, 2.24) is 10.2 Å². The summed E-state index contributed by atoms with van der Waals surface area (Å²) in [6, 6.07) is 8.77. The van der Waals surface area contributed by atoms with Gasteiger partial charge in [-0.1, -0.05) is 37.6 Å². The second kappa shape index (κ2) is 7.66. The number of unbranched alkanes of at least 4 members (excludes halogenated alkanes) is 1. The van der Waals surface area contributed by atoms with Gasteiger partial charge in [0.15, 0.2) is 0 Å². The van der Waals surface area contributed by atoms with Crippen molar-refractivity contribution in [2.75, 3.05) is 13.6 Å². The predicted molar refractivity (Wildman–Crippen MR) is 84.3 cm³/mol. The molecule has 0 amide bonds. The maximum atomic E-state index is 3.58. The van der Waals surface area contributed by atoms with Crippen LogP contribution in [0.25, 0.3) is 0 Å². The topological polar surface area (TPSA) is 15.3 Å². The summed E-state index contributed by atoms with van der Waals surface area (Å²) < 4.78 is 0. The summed E-state index contributed by atoms with van der Waals surface area (Å²) in [5.41, 5.74) is 3.03. The average molecular weight is 262 g/mol. The number of hydrogen-bond donors (Lipinski definition) is 1. The lowest BCUT2D eigenvalue weighted by molar-refractivity contribution is 0.319. The molecule has 108 valence electrons. The van der Waals surface area contributed by atoms with Crippen molar-refractivity contribution >= 4 is 0 Å². The largest absolute Gasteiger partial charge is 0.308 e. The summed E-state index contributed by atoms with van der Waals surface area (Å²) >= 11 is 0. The number of nitrogens with zero attached hydrogens (tertiary/aromatic N) is 1. The van der Waals surface area contributed by atoms with Crippen LogP contribution < -0.4 is 5.32 Å². The highest BCUT2D eigenvalue weighted by molar-refractivity contribution is 5.27. The van der Waals surface area contributed by atoms with Crippen LogP contribution in [0.4, 0.5) is 0 Å². The first-order valence-electron chi connectivity index (χ1n) is 7.42. The molecule has 0 spiro atoms. The monoisotopic (exact) mass is 262 g/mol. The molecule has 1 N–H and O–H groups in total. The Bertz CT molecular complexity index is 366. The van der Waals surface area contributed by atoms with Crippen LogP contribution in [0.2, 0.25) is 0 Å². The summed E-state index contributed by atoms with van der Waals surface area (Å²) in [5, 5.41) is 3.58. The molecule has 0 bridgehead atoms. The van der Waals surface area contributed by atoms with E-state index in [-0.39, 0.29) is 5.54 Å². The number of benzene rings is 1. The lowest BCUT2D eigenvalue weighted by Crippen LogP contribution is -2.35. The zero-order chi connectivity index (χ0) is 14.3. The maximum Gasteiger partial charge on any atom is 0.0233 e. The Labute approximate surface area is 119 Å². The molecule has 0 aliphatic heterocycles. The quantitative estimate of drug-likeness (QED) is 0.804. The second-order valence-electron chi connectivity index (χ2n) is 6.46. The van der Waals surface area contributed by atoms with E-state index in [0.717, 1.165) is 13.1 Å². The first-order valence-corrected chi connectivity index (χ1v) is 7.42. The van der Waals surface area contributed by atoms with Gasteiger partial charge in [0.25, 0.3) is 0 Å². The van der Waals surface area contributed by atoms with Gasteiger partial charge in [0.05, 0.1) is 0 Å². The average Bonchev–Trinajstić information content (AvgIpc) is 2.34. The van der Waals surface area contributed by atoms with E-state index in [1.807, 2.05) is 0 Å². The molecule has 0 unspecified atom stereocenters. The molecule has 1 rings (SSSR count). The van der Waals surface area contributed by atoms with Crippen molar-refractivity contribution in [2.45, 2.75) is 59.2 Å². The highest BCUT2D eigenvalue weighted by atomic mass is 15.1. The number of hydrogen-bond acceptors (Lipinski definition) is 2. The van der Waals surface area contributed by atoms with Gasteiger partial charge in [-0.15, -0.1) is 0 Å². The van der Waals surface area contributed by atoms with E-state index in [1.54, 1.807) is 0 Å². The van der Waals surface area contributed by atoms with Crippen molar-refractivity contribution in [1.29, 1.82) is 0 Å². The normalized spacial score (nSPS) is 12.1. The van der Waals surface area contributed by atoms with Crippen LogP contribution in [0.3, 0.4) is 0 Å². The maximum absolute atomic E-state index is 3.58. The number of rotatable bonds is 7. The van der Waals surface area contributed by atoms with E-state index >= 15 is 0 Å². The Morgan fingerprint density at radius 2 is 1.74 bits per heavy atom. The lowest BCUT2D eigenvalue weighted by atomic mass is 10.0. The van der Waals surface area contributed by atoms with Crippen LogP contribution in [0, 0.1) is 0 Å². The third kappa shape index (κ3) is 6.74. The van der Waals surface area contributed by atoms with Gasteiger partial charge in [-0.05, 0) is 51.9 Å². The zero-order valence-electron chi connectivity index (χ0n) is 13.3. The second-order valence-corrected chi connectivity index (χ2v) is 6.46. The van der Waals surface area contributed by atoms with Crippen molar-refractivity contribution in [2.24, 2.45) is 0 Å². The fourth-order valence-electron chi connectivity index (χ4n) is 2.04. The summed E-state index contributed by atoms with van der Waals surface area (Å²) in [7, 11) is 2.21. The van der Waals surface area contributed by atoms with E-state index in [9.17, 15) is 0 Å². The molecule has 0 saturated carbocycles. The van der Waals surface area contributed by atoms with Crippen molar-refractivity contribution in [3.8, 4) is 0 Å². The van der Waals surface area contributed by atoms with Gasteiger partial charge in [0.2, 0.25) is 0 Å². The molecule has 0 saturated heterocycles. The summed E-state index contributed by atoms with van der Waals surface area (Å²) in [5.74, 6) is 0. The molecule has 0 heterocycles. The molecule has 2 heteroatoms.